The fraction of sp³-hybridized carbons (Fsp3) is 0.107. The van der Waals surface area contributed by atoms with E-state index in [0.717, 1.165) is 10.9 Å². The van der Waals surface area contributed by atoms with Crippen molar-refractivity contribution in [1.29, 1.82) is 0 Å². The first kappa shape index (κ1) is 24.7. The van der Waals surface area contributed by atoms with Gasteiger partial charge in [-0.2, -0.15) is 0 Å². The lowest BCUT2D eigenvalue weighted by atomic mass is 10.0. The summed E-state index contributed by atoms with van der Waals surface area (Å²) in [6.07, 6.45) is 1.36. The smallest absolute Gasteiger partial charge is 0.341 e. The number of rotatable bonds is 7. The Morgan fingerprint density at radius 2 is 1.78 bits per heavy atom. The predicted molar refractivity (Wildman–Crippen MR) is 145 cm³/mol. The Kier molecular flexibility index (Phi) is 7.03. The second-order valence-electron chi connectivity index (χ2n) is 7.99. The van der Waals surface area contributed by atoms with Gasteiger partial charge in [0.05, 0.1) is 26.2 Å². The van der Waals surface area contributed by atoms with Gasteiger partial charge in [-0.1, -0.05) is 59.8 Å². The van der Waals surface area contributed by atoms with Gasteiger partial charge in [0.2, 0.25) is 5.58 Å². The van der Waals surface area contributed by atoms with E-state index in [-0.39, 0.29) is 11.1 Å². The van der Waals surface area contributed by atoms with Crippen molar-refractivity contribution < 1.29 is 18.7 Å². The van der Waals surface area contributed by atoms with Crippen LogP contribution in [0.5, 0.6) is 0 Å². The van der Waals surface area contributed by atoms with E-state index in [1.807, 2.05) is 48.5 Å². The molecule has 0 fully saturated rings. The molecule has 0 radical (unpaired) electrons. The third-order valence-corrected chi connectivity index (χ3v) is 6.99. The Bertz CT molecular complexity index is 1710. The van der Waals surface area contributed by atoms with Crippen LogP contribution in [0.2, 0.25) is 5.02 Å². The minimum atomic E-state index is -0.512. The van der Waals surface area contributed by atoms with Crippen molar-refractivity contribution >= 4 is 57.0 Å². The SMILES string of the molecule is CO/C=C(/C(=O)OC)c1ccccc1CSc1nc2c(oc3ccccc32)c(=O)n1-c1ccc(Cl)cc1. The maximum atomic E-state index is 13.7. The van der Waals surface area contributed by atoms with Gasteiger partial charge in [-0.25, -0.2) is 9.78 Å². The van der Waals surface area contributed by atoms with Gasteiger partial charge < -0.3 is 13.9 Å². The standard InChI is InChI=1S/C28H21ClN2O5S/c1-34-15-22(27(33)35-2)20-8-4-3-7-17(20)16-37-28-30-24-21-9-5-6-10-23(21)36-25(24)26(32)31(28)19-13-11-18(29)12-14-19/h3-15H,16H2,1-2H3/b22-15+. The van der Waals surface area contributed by atoms with E-state index >= 15 is 0 Å². The molecule has 0 saturated heterocycles. The first-order chi connectivity index (χ1) is 18.0. The lowest BCUT2D eigenvalue weighted by molar-refractivity contribution is -0.133. The van der Waals surface area contributed by atoms with Gasteiger partial charge >= 0.3 is 11.5 Å². The monoisotopic (exact) mass is 532 g/mol. The zero-order valence-corrected chi connectivity index (χ0v) is 21.5. The summed E-state index contributed by atoms with van der Waals surface area (Å²) in [5.74, 6) is -0.1000. The lowest BCUT2D eigenvalue weighted by Crippen LogP contribution is -2.21. The Hall–Kier alpha value is -4.01. The molecular formula is C28H21ClN2O5S. The Morgan fingerprint density at radius 3 is 2.54 bits per heavy atom. The van der Waals surface area contributed by atoms with Gasteiger partial charge in [-0.05, 0) is 47.5 Å². The molecule has 5 aromatic rings. The van der Waals surface area contributed by atoms with Crippen molar-refractivity contribution in [3.05, 3.63) is 106 Å². The molecule has 2 heterocycles. The average Bonchev–Trinajstić information content (AvgIpc) is 3.30. The highest BCUT2D eigenvalue weighted by molar-refractivity contribution is 7.98. The fourth-order valence-electron chi connectivity index (χ4n) is 4.04. The van der Waals surface area contributed by atoms with Gasteiger partial charge in [0, 0.05) is 16.2 Å². The molecule has 37 heavy (non-hydrogen) atoms. The Labute approximate surface area is 221 Å². The largest absolute Gasteiger partial charge is 0.503 e. The molecule has 0 saturated carbocycles. The van der Waals surface area contributed by atoms with Crippen LogP contribution in [0.1, 0.15) is 11.1 Å². The summed E-state index contributed by atoms with van der Waals surface area (Å²) < 4.78 is 17.5. The number of aromatic nitrogens is 2. The van der Waals surface area contributed by atoms with Gasteiger partial charge in [-0.3, -0.25) is 9.36 Å². The van der Waals surface area contributed by atoms with Crippen LogP contribution in [0.25, 0.3) is 33.3 Å². The zero-order valence-electron chi connectivity index (χ0n) is 19.9. The lowest BCUT2D eigenvalue weighted by Gasteiger charge is -2.14. The number of carbonyl (C=O) groups is 1. The van der Waals surface area contributed by atoms with E-state index in [1.165, 1.54) is 36.8 Å². The quantitative estimate of drug-likeness (QED) is 0.0806. The number of nitrogens with zero attached hydrogens (tertiary/aromatic N) is 2. The van der Waals surface area contributed by atoms with Gasteiger partial charge in [0.15, 0.2) is 5.16 Å². The van der Waals surface area contributed by atoms with Gasteiger partial charge in [0.1, 0.15) is 16.7 Å². The molecule has 0 aliphatic carbocycles. The number of benzene rings is 3. The number of esters is 1. The van der Waals surface area contributed by atoms with Crippen molar-refractivity contribution in [2.45, 2.75) is 10.9 Å². The average molecular weight is 533 g/mol. The summed E-state index contributed by atoms with van der Waals surface area (Å²) >= 11 is 7.46. The number of carbonyl (C=O) groups excluding carboxylic acids is 1. The topological polar surface area (TPSA) is 83.6 Å². The zero-order chi connectivity index (χ0) is 25.9. The van der Waals surface area contributed by atoms with E-state index in [1.54, 1.807) is 24.3 Å². The molecule has 0 N–H and O–H groups in total. The second-order valence-corrected chi connectivity index (χ2v) is 9.37. The van der Waals surface area contributed by atoms with Crippen molar-refractivity contribution in [3.63, 3.8) is 0 Å². The first-order valence-electron chi connectivity index (χ1n) is 11.2. The van der Waals surface area contributed by atoms with Crippen molar-refractivity contribution in [2.24, 2.45) is 0 Å². The number of thioether (sulfide) groups is 1. The summed E-state index contributed by atoms with van der Waals surface area (Å²) in [6, 6.07) is 21.8. The molecule has 0 bridgehead atoms. The molecule has 0 aliphatic rings. The molecule has 2 aromatic heterocycles. The normalized spacial score (nSPS) is 11.7. The van der Waals surface area contributed by atoms with Crippen LogP contribution in [0.3, 0.4) is 0 Å². The molecule has 9 heteroatoms. The molecule has 0 atom stereocenters. The molecule has 5 rings (SSSR count). The van der Waals surface area contributed by atoms with E-state index in [9.17, 15) is 9.59 Å². The molecule has 0 aliphatic heterocycles. The van der Waals surface area contributed by atoms with Crippen LogP contribution in [-0.2, 0) is 20.0 Å². The van der Waals surface area contributed by atoms with Crippen molar-refractivity contribution in [3.8, 4) is 5.69 Å². The summed E-state index contributed by atoms with van der Waals surface area (Å²) in [4.78, 5) is 31.0. The number of fused-ring (bicyclic) bond motifs is 3. The van der Waals surface area contributed by atoms with E-state index in [4.69, 9.17) is 30.5 Å². The second kappa shape index (κ2) is 10.5. The predicted octanol–water partition coefficient (Wildman–Crippen LogP) is 6.24. The van der Waals surface area contributed by atoms with Crippen LogP contribution in [-0.4, -0.2) is 29.7 Å². The Balaban J connectivity index is 1.64. The molecule has 7 nitrogen and oxygen atoms in total. The highest BCUT2D eigenvalue weighted by Crippen LogP contribution is 2.32. The Morgan fingerprint density at radius 1 is 1.05 bits per heavy atom. The number of hydrogen-bond acceptors (Lipinski definition) is 7. The first-order valence-corrected chi connectivity index (χ1v) is 12.6. The van der Waals surface area contributed by atoms with Gasteiger partial charge in [0.25, 0.3) is 0 Å². The van der Waals surface area contributed by atoms with Crippen molar-refractivity contribution in [1.82, 2.24) is 9.55 Å². The molecule has 0 amide bonds. The van der Waals surface area contributed by atoms with Crippen molar-refractivity contribution in [2.75, 3.05) is 14.2 Å². The molecule has 0 unspecified atom stereocenters. The minimum Gasteiger partial charge on any atom is -0.503 e. The molecule has 3 aromatic carbocycles. The van der Waals surface area contributed by atoms with Crippen LogP contribution >= 0.6 is 23.4 Å². The fourth-order valence-corrected chi connectivity index (χ4v) is 5.17. The third kappa shape index (κ3) is 4.73. The maximum Gasteiger partial charge on any atom is 0.341 e. The van der Waals surface area contributed by atoms with E-state index in [0.29, 0.717) is 43.9 Å². The number of halogens is 1. The summed E-state index contributed by atoms with van der Waals surface area (Å²) in [5, 5.41) is 1.78. The minimum absolute atomic E-state index is 0.178. The van der Waals surface area contributed by atoms with E-state index < -0.39 is 5.97 Å². The highest BCUT2D eigenvalue weighted by Gasteiger charge is 2.21. The van der Waals surface area contributed by atoms with Crippen LogP contribution in [0, 0.1) is 0 Å². The number of para-hydroxylation sites is 1. The van der Waals surface area contributed by atoms with Gasteiger partial charge in [-0.15, -0.1) is 0 Å². The molecule has 186 valence electrons. The maximum absolute atomic E-state index is 13.7. The third-order valence-electron chi connectivity index (χ3n) is 5.76. The number of ether oxygens (including phenoxy) is 2. The number of furan rings is 1. The van der Waals surface area contributed by atoms with Crippen LogP contribution in [0.15, 0.2) is 93.4 Å². The summed E-state index contributed by atoms with van der Waals surface area (Å²) in [6.45, 7) is 0. The van der Waals surface area contributed by atoms with Crippen LogP contribution < -0.4 is 5.56 Å². The highest BCUT2D eigenvalue weighted by atomic mass is 35.5. The summed E-state index contributed by atoms with van der Waals surface area (Å²) in [5.41, 5.74) is 3.34. The van der Waals surface area contributed by atoms with Crippen LogP contribution in [0.4, 0.5) is 0 Å². The van der Waals surface area contributed by atoms with E-state index in [2.05, 4.69) is 0 Å². The molecule has 0 spiro atoms. The summed E-state index contributed by atoms with van der Waals surface area (Å²) in [7, 11) is 2.79. The molecular weight excluding hydrogens is 512 g/mol. The number of methoxy groups -OCH3 is 2. The number of hydrogen-bond donors (Lipinski definition) is 0.